The largest absolute Gasteiger partial charge is 0.490 e. The molecule has 1 saturated heterocycles. The number of amides is 3. The van der Waals surface area contributed by atoms with Crippen molar-refractivity contribution in [3.63, 3.8) is 0 Å². The fourth-order valence-electron chi connectivity index (χ4n) is 3.09. The molecule has 0 saturated carbocycles. The Labute approximate surface area is 217 Å². The van der Waals surface area contributed by atoms with Gasteiger partial charge in [0.15, 0.2) is 18.1 Å². The van der Waals surface area contributed by atoms with Crippen LogP contribution in [0.4, 0.5) is 10.5 Å². The van der Waals surface area contributed by atoms with Crippen molar-refractivity contribution in [2.75, 3.05) is 25.1 Å². The molecule has 0 bridgehead atoms. The van der Waals surface area contributed by atoms with Crippen LogP contribution in [0.5, 0.6) is 11.5 Å². The molecule has 1 heterocycles. The lowest BCUT2D eigenvalue weighted by atomic mass is 10.2. The van der Waals surface area contributed by atoms with Crippen LogP contribution in [-0.4, -0.2) is 53.8 Å². The van der Waals surface area contributed by atoms with E-state index < -0.39 is 23.7 Å². The Balaban J connectivity index is 1.68. The van der Waals surface area contributed by atoms with E-state index in [0.29, 0.717) is 34.4 Å². The molecule has 0 unspecified atom stereocenters. The number of esters is 1. The third-order valence-electron chi connectivity index (χ3n) is 4.58. The number of imide groups is 1. The molecule has 11 heteroatoms. The van der Waals surface area contributed by atoms with Crippen molar-refractivity contribution in [2.45, 2.75) is 26.9 Å². The van der Waals surface area contributed by atoms with Crippen molar-refractivity contribution in [2.24, 2.45) is 0 Å². The van der Waals surface area contributed by atoms with Gasteiger partial charge in [-0.25, -0.2) is 0 Å². The highest BCUT2D eigenvalue weighted by Gasteiger charge is 2.36. The van der Waals surface area contributed by atoms with Gasteiger partial charge >= 0.3 is 5.97 Å². The molecule has 0 aliphatic carbocycles. The van der Waals surface area contributed by atoms with Crippen molar-refractivity contribution in [1.82, 2.24) is 4.90 Å². The number of anilines is 1. The summed E-state index contributed by atoms with van der Waals surface area (Å²) in [6.45, 7) is 4.79. The molecule has 3 amide bonds. The second-order valence-corrected chi connectivity index (χ2v) is 9.22. The van der Waals surface area contributed by atoms with Gasteiger partial charge in [0.25, 0.3) is 17.1 Å². The zero-order chi connectivity index (χ0) is 26.2. The predicted octanol–water partition coefficient (Wildman–Crippen LogP) is 4.74. The number of nitrogens with zero attached hydrogens (tertiary/aromatic N) is 1. The third kappa shape index (κ3) is 7.50. The first-order valence-corrected chi connectivity index (χ1v) is 12.3. The maximum atomic E-state index is 12.7. The summed E-state index contributed by atoms with van der Waals surface area (Å²) >= 11 is 6.58. The first-order chi connectivity index (χ1) is 17.2. The molecule has 3 rings (SSSR count). The van der Waals surface area contributed by atoms with Crippen LogP contribution in [0.1, 0.15) is 26.3 Å². The normalized spacial score (nSPS) is 14.4. The van der Waals surface area contributed by atoms with E-state index in [1.807, 2.05) is 0 Å². The minimum Gasteiger partial charge on any atom is -0.490 e. The van der Waals surface area contributed by atoms with E-state index in [2.05, 4.69) is 5.32 Å². The molecule has 2 aromatic carbocycles. The Bertz CT molecular complexity index is 1180. The van der Waals surface area contributed by atoms with Crippen LogP contribution in [0, 0.1) is 0 Å². The minimum absolute atomic E-state index is 0.163. The van der Waals surface area contributed by atoms with Crippen molar-refractivity contribution in [1.29, 1.82) is 0 Å². The van der Waals surface area contributed by atoms with Crippen LogP contribution in [0.25, 0.3) is 6.08 Å². The van der Waals surface area contributed by atoms with Crippen molar-refractivity contribution >= 4 is 58.1 Å². The third-order valence-corrected chi connectivity index (χ3v) is 5.74. The molecule has 0 radical (unpaired) electrons. The zero-order valence-electron chi connectivity index (χ0n) is 19.9. The van der Waals surface area contributed by atoms with E-state index in [-0.39, 0.29) is 23.5 Å². The topological polar surface area (TPSA) is 111 Å². The number of halogens is 1. The van der Waals surface area contributed by atoms with Gasteiger partial charge in [-0.3, -0.25) is 24.1 Å². The predicted molar refractivity (Wildman–Crippen MR) is 137 cm³/mol. The Morgan fingerprint density at radius 3 is 2.47 bits per heavy atom. The average Bonchev–Trinajstić information content (AvgIpc) is 3.07. The molecule has 1 fully saturated rings. The molecule has 2 aromatic rings. The van der Waals surface area contributed by atoms with Crippen molar-refractivity contribution in [3.05, 3.63) is 58.0 Å². The van der Waals surface area contributed by atoms with Gasteiger partial charge in [0, 0.05) is 10.7 Å². The number of hydrogen-bond donors (Lipinski definition) is 1. The molecule has 1 aliphatic rings. The molecular formula is C25H25ClN2O7S. The van der Waals surface area contributed by atoms with Crippen molar-refractivity contribution < 1.29 is 33.4 Å². The number of carbonyl (C=O) groups is 4. The summed E-state index contributed by atoms with van der Waals surface area (Å²) in [5.41, 5.74) is 1.16. The Kier molecular flexibility index (Phi) is 9.38. The number of thioether (sulfide) groups is 1. The number of hydrogen-bond acceptors (Lipinski definition) is 8. The number of ether oxygens (including phenoxy) is 3. The Morgan fingerprint density at radius 2 is 1.81 bits per heavy atom. The molecule has 0 atom stereocenters. The average molecular weight is 533 g/mol. The van der Waals surface area contributed by atoms with Crippen LogP contribution < -0.4 is 14.8 Å². The Morgan fingerprint density at radius 1 is 1.08 bits per heavy atom. The lowest BCUT2D eigenvalue weighted by Crippen LogP contribution is -2.35. The van der Waals surface area contributed by atoms with E-state index in [0.717, 1.165) is 16.7 Å². The quantitative estimate of drug-likeness (QED) is 0.345. The number of nitrogens with one attached hydrogen (secondary N) is 1. The molecule has 1 N–H and O–H groups in total. The summed E-state index contributed by atoms with van der Waals surface area (Å²) in [5.74, 6) is -0.903. The number of carbonyl (C=O) groups excluding carboxylic acids is 4. The van der Waals surface area contributed by atoms with Gasteiger partial charge in [-0.05, 0) is 80.6 Å². The van der Waals surface area contributed by atoms with E-state index >= 15 is 0 Å². The van der Waals surface area contributed by atoms with Crippen LogP contribution >= 0.6 is 23.4 Å². The van der Waals surface area contributed by atoms with Gasteiger partial charge in [0.05, 0.1) is 17.6 Å². The second-order valence-electron chi connectivity index (χ2n) is 7.79. The second kappa shape index (κ2) is 12.5. The summed E-state index contributed by atoms with van der Waals surface area (Å²) in [7, 11) is 0. The highest BCUT2D eigenvalue weighted by molar-refractivity contribution is 8.18. The fraction of sp³-hybridized carbons (Fsp3) is 0.280. The SMILES string of the molecule is CCOc1cc(/C=C2\SC(=O)N(CC(=O)OC(C)C)C2=O)ccc1OCC(=O)Nc1ccc(Cl)cc1. The summed E-state index contributed by atoms with van der Waals surface area (Å²) in [5, 5.41) is 2.71. The fourth-order valence-corrected chi connectivity index (χ4v) is 4.06. The van der Waals surface area contributed by atoms with E-state index in [1.165, 1.54) is 6.08 Å². The van der Waals surface area contributed by atoms with E-state index in [1.54, 1.807) is 63.2 Å². The summed E-state index contributed by atoms with van der Waals surface area (Å²) < 4.78 is 16.3. The van der Waals surface area contributed by atoms with Gasteiger partial charge in [0.2, 0.25) is 0 Å². The van der Waals surface area contributed by atoms with E-state index in [4.69, 9.17) is 25.8 Å². The van der Waals surface area contributed by atoms with Crippen molar-refractivity contribution in [3.8, 4) is 11.5 Å². The Hall–Kier alpha value is -3.50. The molecule has 0 spiro atoms. The van der Waals surface area contributed by atoms with Gasteiger partial charge in [-0.15, -0.1) is 0 Å². The van der Waals surface area contributed by atoms with Crippen LogP contribution in [0.2, 0.25) is 5.02 Å². The maximum Gasteiger partial charge on any atom is 0.326 e. The van der Waals surface area contributed by atoms with Gasteiger partial charge in [-0.1, -0.05) is 17.7 Å². The maximum absolute atomic E-state index is 12.7. The summed E-state index contributed by atoms with van der Waals surface area (Å²) in [6.07, 6.45) is 1.17. The zero-order valence-corrected chi connectivity index (χ0v) is 21.5. The van der Waals surface area contributed by atoms with Crippen LogP contribution in [0.15, 0.2) is 47.4 Å². The van der Waals surface area contributed by atoms with E-state index in [9.17, 15) is 19.2 Å². The molecular weight excluding hydrogens is 508 g/mol. The lowest BCUT2D eigenvalue weighted by molar-refractivity contribution is -0.149. The van der Waals surface area contributed by atoms with Gasteiger partial charge < -0.3 is 19.5 Å². The minimum atomic E-state index is -0.659. The van der Waals surface area contributed by atoms with Crippen LogP contribution in [-0.2, 0) is 19.1 Å². The van der Waals surface area contributed by atoms with Crippen LogP contribution in [0.3, 0.4) is 0 Å². The monoisotopic (exact) mass is 532 g/mol. The molecule has 1 aliphatic heterocycles. The van der Waals surface area contributed by atoms with Gasteiger partial charge in [-0.2, -0.15) is 0 Å². The van der Waals surface area contributed by atoms with Gasteiger partial charge in [0.1, 0.15) is 6.54 Å². The highest BCUT2D eigenvalue weighted by atomic mass is 35.5. The first kappa shape index (κ1) is 27.1. The summed E-state index contributed by atoms with van der Waals surface area (Å²) in [6, 6.07) is 11.6. The lowest BCUT2D eigenvalue weighted by Gasteiger charge is -2.13. The summed E-state index contributed by atoms with van der Waals surface area (Å²) in [4.78, 5) is 50.1. The smallest absolute Gasteiger partial charge is 0.326 e. The standard InChI is InChI=1S/C25H25ClN2O7S/c1-4-33-20-11-16(12-21-24(31)28(25(32)36-21)13-23(30)35-15(2)3)5-10-19(20)34-14-22(29)27-18-8-6-17(26)7-9-18/h5-12,15H,4,13-14H2,1-3H3,(H,27,29)/b21-12-. The molecule has 9 nitrogen and oxygen atoms in total. The molecule has 190 valence electrons. The molecule has 36 heavy (non-hydrogen) atoms. The highest BCUT2D eigenvalue weighted by Crippen LogP contribution is 2.34. The number of benzene rings is 2. The molecule has 0 aromatic heterocycles. The first-order valence-electron chi connectivity index (χ1n) is 11.1. The number of rotatable bonds is 10.